The Morgan fingerprint density at radius 2 is 1.70 bits per heavy atom. The zero-order valence-electron chi connectivity index (χ0n) is 12.1. The number of hydrogen-bond acceptors (Lipinski definition) is 5. The molecule has 0 aliphatic rings. The molecule has 0 spiro atoms. The van der Waals surface area contributed by atoms with Gasteiger partial charge in [0.25, 0.3) is 0 Å². The number of ether oxygens (including phenoxy) is 3. The topological polar surface area (TPSA) is 77.0 Å². The Labute approximate surface area is 118 Å². The number of aliphatic hydroxyl groups is 1. The molecule has 0 aromatic heterocycles. The number of unbranched alkanes of at least 4 members (excludes halogenated alkanes) is 1. The molecule has 0 unspecified atom stereocenters. The van der Waals surface area contributed by atoms with Gasteiger partial charge in [-0.1, -0.05) is 0 Å². The number of methoxy groups -OCH3 is 3. The van der Waals surface area contributed by atoms with Crippen LogP contribution in [0.1, 0.15) is 19.3 Å². The first-order chi connectivity index (χ1) is 9.65. The summed E-state index contributed by atoms with van der Waals surface area (Å²) in [6.45, 7) is 0.0947. The molecular formula is C14H21NO5. The summed E-state index contributed by atoms with van der Waals surface area (Å²) in [5.74, 6) is 1.33. The van der Waals surface area contributed by atoms with E-state index in [2.05, 4.69) is 5.32 Å². The molecule has 0 aliphatic carbocycles. The average molecular weight is 283 g/mol. The Morgan fingerprint density at radius 1 is 1.10 bits per heavy atom. The van der Waals surface area contributed by atoms with Crippen LogP contribution in [0.5, 0.6) is 17.2 Å². The van der Waals surface area contributed by atoms with Gasteiger partial charge >= 0.3 is 0 Å². The zero-order chi connectivity index (χ0) is 15.0. The fourth-order valence-corrected chi connectivity index (χ4v) is 1.77. The minimum Gasteiger partial charge on any atom is -0.493 e. The van der Waals surface area contributed by atoms with Crippen molar-refractivity contribution < 1.29 is 24.1 Å². The van der Waals surface area contributed by atoms with E-state index in [4.69, 9.17) is 19.3 Å². The van der Waals surface area contributed by atoms with E-state index in [-0.39, 0.29) is 12.5 Å². The first kappa shape index (κ1) is 16.1. The smallest absolute Gasteiger partial charge is 0.224 e. The maximum Gasteiger partial charge on any atom is 0.224 e. The van der Waals surface area contributed by atoms with Crippen molar-refractivity contribution in [3.05, 3.63) is 12.1 Å². The minimum atomic E-state index is -0.118. The Bertz CT molecular complexity index is 422. The van der Waals surface area contributed by atoms with Crippen LogP contribution in [0.3, 0.4) is 0 Å². The first-order valence-electron chi connectivity index (χ1n) is 6.37. The van der Waals surface area contributed by atoms with Gasteiger partial charge in [0.05, 0.1) is 21.3 Å². The second kappa shape index (κ2) is 8.27. The molecule has 0 aliphatic heterocycles. The number of carbonyl (C=O) groups is 1. The summed E-state index contributed by atoms with van der Waals surface area (Å²) in [6.07, 6.45) is 1.62. The molecule has 0 heterocycles. The third kappa shape index (κ3) is 4.31. The van der Waals surface area contributed by atoms with Gasteiger partial charge in [-0.25, -0.2) is 0 Å². The predicted octanol–water partition coefficient (Wildman–Crippen LogP) is 1.81. The van der Waals surface area contributed by atoms with Crippen LogP contribution < -0.4 is 19.5 Å². The van der Waals surface area contributed by atoms with Crippen LogP contribution in [-0.2, 0) is 4.79 Å². The lowest BCUT2D eigenvalue weighted by Gasteiger charge is -2.14. The van der Waals surface area contributed by atoms with Gasteiger partial charge in [-0.15, -0.1) is 0 Å². The Morgan fingerprint density at radius 3 is 2.15 bits per heavy atom. The van der Waals surface area contributed by atoms with Gasteiger partial charge in [0.2, 0.25) is 11.7 Å². The van der Waals surface area contributed by atoms with Crippen molar-refractivity contribution in [1.82, 2.24) is 0 Å². The Balaban J connectivity index is 2.82. The van der Waals surface area contributed by atoms with E-state index in [0.717, 1.165) is 0 Å². The third-order valence-electron chi connectivity index (χ3n) is 2.76. The average Bonchev–Trinajstić information content (AvgIpc) is 2.46. The van der Waals surface area contributed by atoms with Crippen LogP contribution in [0.15, 0.2) is 12.1 Å². The lowest BCUT2D eigenvalue weighted by molar-refractivity contribution is -0.116. The van der Waals surface area contributed by atoms with Crippen LogP contribution in [0, 0.1) is 0 Å². The monoisotopic (exact) mass is 283 g/mol. The molecule has 1 amide bonds. The summed E-state index contributed by atoms with van der Waals surface area (Å²) in [6, 6.07) is 3.34. The highest BCUT2D eigenvalue weighted by atomic mass is 16.5. The number of rotatable bonds is 8. The minimum absolute atomic E-state index is 0.0947. The molecule has 6 nitrogen and oxygen atoms in total. The number of hydrogen-bond donors (Lipinski definition) is 2. The molecule has 1 aromatic carbocycles. The van der Waals surface area contributed by atoms with E-state index in [1.54, 1.807) is 12.1 Å². The zero-order valence-corrected chi connectivity index (χ0v) is 12.1. The quantitative estimate of drug-likeness (QED) is 0.712. The fraction of sp³-hybridized carbons (Fsp3) is 0.500. The molecule has 6 heteroatoms. The van der Waals surface area contributed by atoms with E-state index in [0.29, 0.717) is 42.2 Å². The molecule has 0 fully saturated rings. The van der Waals surface area contributed by atoms with Gasteiger partial charge in [0, 0.05) is 30.8 Å². The predicted molar refractivity (Wildman–Crippen MR) is 75.7 cm³/mol. The number of aliphatic hydroxyl groups excluding tert-OH is 1. The summed E-state index contributed by atoms with van der Waals surface area (Å²) >= 11 is 0. The number of nitrogens with one attached hydrogen (secondary N) is 1. The number of benzene rings is 1. The molecule has 0 bridgehead atoms. The van der Waals surface area contributed by atoms with E-state index < -0.39 is 0 Å². The number of anilines is 1. The third-order valence-corrected chi connectivity index (χ3v) is 2.76. The van der Waals surface area contributed by atoms with Crippen LogP contribution >= 0.6 is 0 Å². The van der Waals surface area contributed by atoms with Crippen LogP contribution in [0.25, 0.3) is 0 Å². The molecule has 0 saturated carbocycles. The van der Waals surface area contributed by atoms with E-state index >= 15 is 0 Å². The van der Waals surface area contributed by atoms with Crippen molar-refractivity contribution in [1.29, 1.82) is 0 Å². The first-order valence-corrected chi connectivity index (χ1v) is 6.37. The molecule has 20 heavy (non-hydrogen) atoms. The molecular weight excluding hydrogens is 262 g/mol. The van der Waals surface area contributed by atoms with Gasteiger partial charge in [0.15, 0.2) is 11.5 Å². The van der Waals surface area contributed by atoms with Crippen molar-refractivity contribution in [2.45, 2.75) is 19.3 Å². The van der Waals surface area contributed by atoms with Crippen LogP contribution in [0.2, 0.25) is 0 Å². The molecule has 0 saturated heterocycles. The summed E-state index contributed by atoms with van der Waals surface area (Å²) in [4.78, 5) is 11.7. The van der Waals surface area contributed by atoms with Gasteiger partial charge in [0.1, 0.15) is 0 Å². The van der Waals surface area contributed by atoms with Gasteiger partial charge in [-0.05, 0) is 12.8 Å². The molecule has 2 N–H and O–H groups in total. The van der Waals surface area contributed by atoms with Crippen molar-refractivity contribution in [2.24, 2.45) is 0 Å². The number of amides is 1. The Hall–Kier alpha value is -1.95. The Kier molecular flexibility index (Phi) is 6.66. The maximum atomic E-state index is 11.7. The van der Waals surface area contributed by atoms with Crippen LogP contribution in [-0.4, -0.2) is 38.9 Å². The largest absolute Gasteiger partial charge is 0.493 e. The van der Waals surface area contributed by atoms with E-state index in [9.17, 15) is 4.79 Å². The normalized spacial score (nSPS) is 10.0. The molecule has 1 aromatic rings. The summed E-state index contributed by atoms with van der Waals surface area (Å²) in [7, 11) is 4.56. The molecule has 0 radical (unpaired) electrons. The van der Waals surface area contributed by atoms with Crippen molar-refractivity contribution in [3.63, 3.8) is 0 Å². The SMILES string of the molecule is COc1cc(NC(=O)CCCCO)cc(OC)c1OC. The van der Waals surface area contributed by atoms with Gasteiger partial charge in [-0.3, -0.25) is 4.79 Å². The van der Waals surface area contributed by atoms with Crippen LogP contribution in [0.4, 0.5) is 5.69 Å². The highest BCUT2D eigenvalue weighted by Gasteiger charge is 2.14. The summed E-state index contributed by atoms with van der Waals surface area (Å²) in [5, 5.41) is 11.4. The standard InChI is InChI=1S/C14H21NO5/c1-18-11-8-10(9-12(19-2)14(11)20-3)15-13(17)6-4-5-7-16/h8-9,16H,4-7H2,1-3H3,(H,15,17). The van der Waals surface area contributed by atoms with Crippen molar-refractivity contribution >= 4 is 11.6 Å². The highest BCUT2D eigenvalue weighted by Crippen LogP contribution is 2.39. The van der Waals surface area contributed by atoms with Crippen molar-refractivity contribution in [3.8, 4) is 17.2 Å². The second-order valence-corrected chi connectivity index (χ2v) is 4.14. The number of carbonyl (C=O) groups excluding carboxylic acids is 1. The maximum absolute atomic E-state index is 11.7. The second-order valence-electron chi connectivity index (χ2n) is 4.14. The summed E-state index contributed by atoms with van der Waals surface area (Å²) < 4.78 is 15.6. The molecule has 0 atom stereocenters. The van der Waals surface area contributed by atoms with E-state index in [1.165, 1.54) is 21.3 Å². The van der Waals surface area contributed by atoms with Gasteiger partial charge < -0.3 is 24.6 Å². The van der Waals surface area contributed by atoms with E-state index in [1.807, 2.05) is 0 Å². The molecule has 1 rings (SSSR count). The summed E-state index contributed by atoms with van der Waals surface area (Å²) in [5.41, 5.74) is 0.577. The lowest BCUT2D eigenvalue weighted by Crippen LogP contribution is -2.11. The highest BCUT2D eigenvalue weighted by molar-refractivity contribution is 5.91. The molecule has 112 valence electrons. The lowest BCUT2D eigenvalue weighted by atomic mass is 10.2. The fourth-order valence-electron chi connectivity index (χ4n) is 1.77. The van der Waals surface area contributed by atoms with Gasteiger partial charge in [-0.2, -0.15) is 0 Å². The van der Waals surface area contributed by atoms with Crippen molar-refractivity contribution in [2.75, 3.05) is 33.3 Å².